The number of carbonyl (C=O) groups excluding carboxylic acids is 1. The Hall–Kier alpha value is -2.88. The first-order valence-electron chi connectivity index (χ1n) is 10.7. The van der Waals surface area contributed by atoms with E-state index in [9.17, 15) is 13.2 Å². The molecule has 34 heavy (non-hydrogen) atoms. The number of hydrogen-bond donors (Lipinski definition) is 1. The normalized spacial score (nSPS) is 11.5. The molecular formula is C25H25N3O3S3. The van der Waals surface area contributed by atoms with Crippen molar-refractivity contribution >= 4 is 54.9 Å². The second kappa shape index (κ2) is 10.6. The summed E-state index contributed by atoms with van der Waals surface area (Å²) in [5, 5.41) is 2.86. The standard InChI is InChI=1S/C25H25N3O3S3/c1-18-12-13-19(2)22(16-18)28(34(30,31)20-8-4-3-5-9-20)17-24(29)26-14-15-32-25-27-21-10-6-7-11-23(21)33-25/h3-13,16H,14-15,17H2,1-2H3,(H,26,29). The van der Waals surface area contributed by atoms with Crippen molar-refractivity contribution < 1.29 is 13.2 Å². The van der Waals surface area contributed by atoms with E-state index in [-0.39, 0.29) is 17.3 Å². The number of nitrogens with one attached hydrogen (secondary N) is 1. The van der Waals surface area contributed by atoms with E-state index in [1.165, 1.54) is 4.31 Å². The molecule has 4 aromatic rings. The fourth-order valence-electron chi connectivity index (χ4n) is 3.44. The summed E-state index contributed by atoms with van der Waals surface area (Å²) in [7, 11) is -3.92. The summed E-state index contributed by atoms with van der Waals surface area (Å²) < 4.78 is 30.2. The van der Waals surface area contributed by atoms with Gasteiger partial charge in [0.2, 0.25) is 5.91 Å². The number of carbonyl (C=O) groups is 1. The number of rotatable bonds is 9. The molecule has 0 saturated carbocycles. The number of hydrogen-bond acceptors (Lipinski definition) is 6. The summed E-state index contributed by atoms with van der Waals surface area (Å²) in [6.45, 7) is 3.85. The third kappa shape index (κ3) is 5.60. The molecular weight excluding hydrogens is 486 g/mol. The monoisotopic (exact) mass is 511 g/mol. The second-order valence-electron chi connectivity index (χ2n) is 7.76. The van der Waals surface area contributed by atoms with Crippen molar-refractivity contribution in [1.82, 2.24) is 10.3 Å². The number of amides is 1. The van der Waals surface area contributed by atoms with Crippen LogP contribution >= 0.6 is 23.1 Å². The first-order chi connectivity index (χ1) is 16.3. The number of anilines is 1. The van der Waals surface area contributed by atoms with Crippen LogP contribution in [0.4, 0.5) is 5.69 Å². The molecule has 1 amide bonds. The zero-order valence-corrected chi connectivity index (χ0v) is 21.3. The van der Waals surface area contributed by atoms with Gasteiger partial charge in [-0.1, -0.05) is 54.2 Å². The summed E-state index contributed by atoms with van der Waals surface area (Å²) in [6, 6.07) is 21.7. The van der Waals surface area contributed by atoms with Crippen LogP contribution in [0.3, 0.4) is 0 Å². The van der Waals surface area contributed by atoms with Gasteiger partial charge in [0, 0.05) is 12.3 Å². The maximum atomic E-state index is 13.5. The molecule has 0 radical (unpaired) electrons. The van der Waals surface area contributed by atoms with E-state index >= 15 is 0 Å². The summed E-state index contributed by atoms with van der Waals surface area (Å²) >= 11 is 3.19. The first-order valence-corrected chi connectivity index (χ1v) is 14.0. The van der Waals surface area contributed by atoms with Crippen LogP contribution in [0.5, 0.6) is 0 Å². The van der Waals surface area contributed by atoms with Crippen LogP contribution in [0.2, 0.25) is 0 Å². The van der Waals surface area contributed by atoms with Crippen molar-refractivity contribution in [3.05, 3.63) is 83.9 Å². The van der Waals surface area contributed by atoms with Crippen molar-refractivity contribution in [1.29, 1.82) is 0 Å². The molecule has 0 aliphatic carbocycles. The topological polar surface area (TPSA) is 79.4 Å². The van der Waals surface area contributed by atoms with Gasteiger partial charge in [-0.15, -0.1) is 11.3 Å². The lowest BCUT2D eigenvalue weighted by Gasteiger charge is -2.26. The van der Waals surface area contributed by atoms with Gasteiger partial charge in [0.25, 0.3) is 10.0 Å². The molecule has 0 spiro atoms. The zero-order valence-electron chi connectivity index (χ0n) is 18.9. The molecule has 4 rings (SSSR count). The second-order valence-corrected chi connectivity index (χ2v) is 12.0. The van der Waals surface area contributed by atoms with Gasteiger partial charge >= 0.3 is 0 Å². The Bertz CT molecular complexity index is 1370. The number of thioether (sulfide) groups is 1. The number of benzene rings is 3. The number of aryl methyl sites for hydroxylation is 2. The van der Waals surface area contributed by atoms with Crippen molar-refractivity contribution in [3.63, 3.8) is 0 Å². The van der Waals surface area contributed by atoms with E-state index in [4.69, 9.17) is 0 Å². The summed E-state index contributed by atoms with van der Waals surface area (Å²) in [5.74, 6) is 0.283. The van der Waals surface area contributed by atoms with Crippen molar-refractivity contribution in [2.24, 2.45) is 0 Å². The van der Waals surface area contributed by atoms with Crippen LogP contribution in [0.15, 0.2) is 82.0 Å². The highest BCUT2D eigenvalue weighted by molar-refractivity contribution is 8.01. The van der Waals surface area contributed by atoms with E-state index in [0.717, 1.165) is 25.7 Å². The van der Waals surface area contributed by atoms with Gasteiger partial charge in [-0.05, 0) is 55.3 Å². The van der Waals surface area contributed by atoms with E-state index < -0.39 is 10.0 Å². The average molecular weight is 512 g/mol. The van der Waals surface area contributed by atoms with Crippen LogP contribution in [-0.4, -0.2) is 38.2 Å². The molecule has 3 aromatic carbocycles. The van der Waals surface area contributed by atoms with E-state index in [1.54, 1.807) is 59.5 Å². The molecule has 9 heteroatoms. The fraction of sp³-hybridized carbons (Fsp3) is 0.200. The SMILES string of the molecule is Cc1ccc(C)c(N(CC(=O)NCCSc2nc3ccccc3s2)S(=O)(=O)c2ccccc2)c1. The fourth-order valence-corrected chi connectivity index (χ4v) is 6.93. The van der Waals surface area contributed by atoms with Crippen LogP contribution in [-0.2, 0) is 14.8 Å². The Morgan fingerprint density at radius 1 is 1.03 bits per heavy atom. The Morgan fingerprint density at radius 2 is 1.76 bits per heavy atom. The van der Waals surface area contributed by atoms with E-state index in [1.807, 2.05) is 50.2 Å². The molecule has 176 valence electrons. The van der Waals surface area contributed by atoms with E-state index in [2.05, 4.69) is 10.3 Å². The summed E-state index contributed by atoms with van der Waals surface area (Å²) in [6.07, 6.45) is 0. The Morgan fingerprint density at radius 3 is 2.53 bits per heavy atom. The molecule has 0 fully saturated rings. The quantitative estimate of drug-likeness (QED) is 0.252. The third-order valence-corrected chi connectivity index (χ3v) is 9.13. The van der Waals surface area contributed by atoms with Gasteiger partial charge in [-0.2, -0.15) is 0 Å². The Kier molecular flexibility index (Phi) is 7.55. The van der Waals surface area contributed by atoms with Gasteiger partial charge in [0.05, 0.1) is 20.8 Å². The van der Waals surface area contributed by atoms with Crippen LogP contribution in [0, 0.1) is 13.8 Å². The minimum Gasteiger partial charge on any atom is -0.354 e. The van der Waals surface area contributed by atoms with E-state index in [0.29, 0.717) is 18.0 Å². The molecule has 0 saturated heterocycles. The number of para-hydroxylation sites is 1. The number of fused-ring (bicyclic) bond motifs is 1. The maximum absolute atomic E-state index is 13.5. The van der Waals surface area contributed by atoms with Gasteiger partial charge in [0.1, 0.15) is 6.54 Å². The lowest BCUT2D eigenvalue weighted by atomic mass is 10.1. The number of nitrogens with zero attached hydrogens (tertiary/aromatic N) is 2. The summed E-state index contributed by atoms with van der Waals surface area (Å²) in [5.41, 5.74) is 3.17. The van der Waals surface area contributed by atoms with Crippen LogP contribution in [0.1, 0.15) is 11.1 Å². The molecule has 6 nitrogen and oxygen atoms in total. The lowest BCUT2D eigenvalue weighted by Crippen LogP contribution is -2.41. The molecule has 1 aromatic heterocycles. The highest BCUT2D eigenvalue weighted by atomic mass is 32.2. The van der Waals surface area contributed by atoms with Crippen LogP contribution in [0.25, 0.3) is 10.2 Å². The van der Waals surface area contributed by atoms with Crippen molar-refractivity contribution in [3.8, 4) is 0 Å². The van der Waals surface area contributed by atoms with Crippen molar-refractivity contribution in [2.75, 3.05) is 23.1 Å². The predicted molar refractivity (Wildman–Crippen MR) is 140 cm³/mol. The Balaban J connectivity index is 1.45. The minimum absolute atomic E-state index is 0.148. The minimum atomic E-state index is -3.92. The third-order valence-electron chi connectivity index (χ3n) is 5.18. The van der Waals surface area contributed by atoms with Crippen LogP contribution < -0.4 is 9.62 Å². The number of sulfonamides is 1. The summed E-state index contributed by atoms with van der Waals surface area (Å²) in [4.78, 5) is 17.5. The highest BCUT2D eigenvalue weighted by Crippen LogP contribution is 2.29. The largest absolute Gasteiger partial charge is 0.354 e. The maximum Gasteiger partial charge on any atom is 0.264 e. The van der Waals surface area contributed by atoms with Gasteiger partial charge in [-0.25, -0.2) is 13.4 Å². The molecule has 0 bridgehead atoms. The smallest absolute Gasteiger partial charge is 0.264 e. The molecule has 0 atom stereocenters. The molecule has 1 N–H and O–H groups in total. The predicted octanol–water partition coefficient (Wildman–Crippen LogP) is 5.02. The molecule has 0 aliphatic heterocycles. The van der Waals surface area contributed by atoms with Crippen molar-refractivity contribution in [2.45, 2.75) is 23.1 Å². The zero-order chi connectivity index (χ0) is 24.1. The highest BCUT2D eigenvalue weighted by Gasteiger charge is 2.28. The molecule has 1 heterocycles. The first kappa shape index (κ1) is 24.3. The average Bonchev–Trinajstić information content (AvgIpc) is 3.25. The lowest BCUT2D eigenvalue weighted by molar-refractivity contribution is -0.119. The molecule has 0 unspecified atom stereocenters. The van der Waals surface area contributed by atoms with Gasteiger partial charge in [0.15, 0.2) is 4.34 Å². The van der Waals surface area contributed by atoms with Gasteiger partial charge < -0.3 is 5.32 Å². The van der Waals surface area contributed by atoms with Gasteiger partial charge in [-0.3, -0.25) is 9.10 Å². The number of thiazole rings is 1. The Labute approximate surface area is 208 Å². The number of aromatic nitrogens is 1. The molecule has 0 aliphatic rings.